The Hall–Kier alpha value is -1.94. The van der Waals surface area contributed by atoms with Crippen molar-refractivity contribution in [3.63, 3.8) is 0 Å². The number of carboxylic acid groups (broad SMARTS) is 1. The fourth-order valence-electron chi connectivity index (χ4n) is 2.18. The van der Waals surface area contributed by atoms with E-state index in [1.165, 1.54) is 0 Å². The Morgan fingerprint density at radius 2 is 1.67 bits per heavy atom. The zero-order valence-electron chi connectivity index (χ0n) is 9.70. The molecule has 3 rings (SSSR count). The minimum Gasteiger partial charge on any atom is -0.478 e. The molecule has 0 amide bonds. The van der Waals surface area contributed by atoms with Crippen LogP contribution >= 0.6 is 11.6 Å². The summed E-state index contributed by atoms with van der Waals surface area (Å²) in [5.74, 6) is 0.161. The summed E-state index contributed by atoms with van der Waals surface area (Å²) in [5.41, 5.74) is 0.771. The fourth-order valence-corrected chi connectivity index (χ4v) is 2.46. The predicted molar refractivity (Wildman–Crippen MR) is 67.4 cm³/mol. The second kappa shape index (κ2) is 3.53. The van der Waals surface area contributed by atoms with Gasteiger partial charge in [0.25, 0.3) is 0 Å². The molecule has 18 heavy (non-hydrogen) atoms. The van der Waals surface area contributed by atoms with Crippen LogP contribution in [0, 0.1) is 13.8 Å². The number of hydrogen-bond donors (Lipinski definition) is 1. The Labute approximate surface area is 107 Å². The van der Waals surface area contributed by atoms with Crippen LogP contribution in [0.2, 0.25) is 5.02 Å². The van der Waals surface area contributed by atoms with Crippen LogP contribution in [-0.4, -0.2) is 11.1 Å². The zero-order valence-corrected chi connectivity index (χ0v) is 10.5. The van der Waals surface area contributed by atoms with Gasteiger partial charge in [-0.15, -0.1) is 0 Å². The SMILES string of the molecule is Cc1cc2c(C(=O)O)c3oc(C)cc3c(Cl)c2o1. The van der Waals surface area contributed by atoms with Crippen molar-refractivity contribution < 1.29 is 18.7 Å². The van der Waals surface area contributed by atoms with Gasteiger partial charge in [-0.3, -0.25) is 0 Å². The molecule has 3 aromatic rings. The molecule has 0 spiro atoms. The van der Waals surface area contributed by atoms with Gasteiger partial charge < -0.3 is 13.9 Å². The van der Waals surface area contributed by atoms with E-state index in [9.17, 15) is 9.90 Å². The van der Waals surface area contributed by atoms with Gasteiger partial charge in [0.05, 0.1) is 5.02 Å². The third-order valence-corrected chi connectivity index (χ3v) is 3.23. The first-order chi connectivity index (χ1) is 8.49. The fraction of sp³-hybridized carbons (Fsp3) is 0.154. The van der Waals surface area contributed by atoms with Crippen molar-refractivity contribution in [2.45, 2.75) is 13.8 Å². The van der Waals surface area contributed by atoms with Gasteiger partial charge in [0.1, 0.15) is 17.1 Å². The van der Waals surface area contributed by atoms with Crippen LogP contribution in [0.4, 0.5) is 0 Å². The van der Waals surface area contributed by atoms with Gasteiger partial charge in [-0.1, -0.05) is 11.6 Å². The van der Waals surface area contributed by atoms with Gasteiger partial charge in [-0.25, -0.2) is 4.79 Å². The number of rotatable bonds is 1. The molecule has 2 aromatic heterocycles. The Kier molecular flexibility index (Phi) is 2.19. The normalized spacial score (nSPS) is 11.5. The van der Waals surface area contributed by atoms with E-state index in [0.717, 1.165) is 0 Å². The van der Waals surface area contributed by atoms with Crippen molar-refractivity contribution in [3.05, 3.63) is 34.2 Å². The number of carbonyl (C=O) groups is 1. The third kappa shape index (κ3) is 1.36. The third-order valence-electron chi connectivity index (χ3n) is 2.86. The van der Waals surface area contributed by atoms with Crippen molar-refractivity contribution in [1.29, 1.82) is 0 Å². The molecular weight excluding hydrogens is 256 g/mol. The number of benzene rings is 1. The van der Waals surface area contributed by atoms with Gasteiger partial charge in [0.15, 0.2) is 11.2 Å². The summed E-state index contributed by atoms with van der Waals surface area (Å²) in [5, 5.41) is 10.8. The van der Waals surface area contributed by atoms with Crippen LogP contribution in [0.3, 0.4) is 0 Å². The molecule has 0 saturated carbocycles. The monoisotopic (exact) mass is 264 g/mol. The maximum Gasteiger partial charge on any atom is 0.340 e. The molecule has 0 atom stereocenters. The zero-order chi connectivity index (χ0) is 13.0. The molecule has 0 aliphatic rings. The summed E-state index contributed by atoms with van der Waals surface area (Å²) in [4.78, 5) is 11.4. The highest BCUT2D eigenvalue weighted by molar-refractivity contribution is 6.41. The molecule has 0 radical (unpaired) electrons. The minimum atomic E-state index is -1.06. The molecule has 0 aliphatic carbocycles. The van der Waals surface area contributed by atoms with Crippen molar-refractivity contribution >= 4 is 39.5 Å². The van der Waals surface area contributed by atoms with Crippen LogP contribution in [-0.2, 0) is 0 Å². The summed E-state index contributed by atoms with van der Waals surface area (Å²) in [6.07, 6.45) is 0. The number of furan rings is 2. The molecule has 0 fully saturated rings. The van der Waals surface area contributed by atoms with Gasteiger partial charge in [-0.05, 0) is 26.0 Å². The maximum absolute atomic E-state index is 11.4. The molecule has 1 aromatic carbocycles. The van der Waals surface area contributed by atoms with Crippen molar-refractivity contribution in [3.8, 4) is 0 Å². The molecule has 0 saturated heterocycles. The van der Waals surface area contributed by atoms with E-state index >= 15 is 0 Å². The summed E-state index contributed by atoms with van der Waals surface area (Å²) in [6.45, 7) is 3.49. The lowest BCUT2D eigenvalue weighted by molar-refractivity contribution is 0.0700. The summed E-state index contributed by atoms with van der Waals surface area (Å²) in [7, 11) is 0. The highest BCUT2D eigenvalue weighted by atomic mass is 35.5. The average Bonchev–Trinajstić information content (AvgIpc) is 2.81. The molecule has 0 aliphatic heterocycles. The van der Waals surface area contributed by atoms with E-state index < -0.39 is 5.97 Å². The smallest absolute Gasteiger partial charge is 0.340 e. The van der Waals surface area contributed by atoms with Crippen LogP contribution in [0.5, 0.6) is 0 Å². The topological polar surface area (TPSA) is 63.6 Å². The van der Waals surface area contributed by atoms with E-state index in [4.69, 9.17) is 20.4 Å². The summed E-state index contributed by atoms with van der Waals surface area (Å²) >= 11 is 6.23. The molecule has 5 heteroatoms. The lowest BCUT2D eigenvalue weighted by Crippen LogP contribution is -1.97. The van der Waals surface area contributed by atoms with Crippen molar-refractivity contribution in [1.82, 2.24) is 0 Å². The van der Waals surface area contributed by atoms with E-state index in [1.54, 1.807) is 26.0 Å². The highest BCUT2D eigenvalue weighted by Crippen LogP contribution is 2.39. The average molecular weight is 265 g/mol. The Morgan fingerprint density at radius 1 is 1.11 bits per heavy atom. The number of carboxylic acids is 1. The second-order valence-electron chi connectivity index (χ2n) is 4.19. The lowest BCUT2D eigenvalue weighted by Gasteiger charge is -2.00. The molecule has 2 heterocycles. The molecule has 1 N–H and O–H groups in total. The Bertz CT molecular complexity index is 737. The Balaban J connectivity index is 2.64. The van der Waals surface area contributed by atoms with E-state index in [2.05, 4.69) is 0 Å². The Morgan fingerprint density at radius 3 is 2.28 bits per heavy atom. The van der Waals surface area contributed by atoms with Crippen molar-refractivity contribution in [2.24, 2.45) is 0 Å². The second-order valence-corrected chi connectivity index (χ2v) is 4.57. The summed E-state index contributed by atoms with van der Waals surface area (Å²) in [6, 6.07) is 3.36. The van der Waals surface area contributed by atoms with Crippen LogP contribution in [0.15, 0.2) is 21.0 Å². The van der Waals surface area contributed by atoms with Crippen LogP contribution in [0.25, 0.3) is 21.9 Å². The quantitative estimate of drug-likeness (QED) is 0.717. The number of aromatic carboxylic acids is 1. The van der Waals surface area contributed by atoms with E-state index in [-0.39, 0.29) is 5.56 Å². The van der Waals surface area contributed by atoms with E-state index in [1.807, 2.05) is 0 Å². The number of aryl methyl sites for hydroxylation is 2. The van der Waals surface area contributed by atoms with Crippen LogP contribution < -0.4 is 0 Å². The van der Waals surface area contributed by atoms with Gasteiger partial charge in [0, 0.05) is 10.8 Å². The largest absolute Gasteiger partial charge is 0.478 e. The van der Waals surface area contributed by atoms with Gasteiger partial charge in [0.2, 0.25) is 0 Å². The molecule has 0 bridgehead atoms. The molecule has 92 valence electrons. The first kappa shape index (κ1) is 11.2. The number of fused-ring (bicyclic) bond motifs is 2. The minimum absolute atomic E-state index is 0.0920. The molecule has 0 unspecified atom stereocenters. The number of halogens is 1. The van der Waals surface area contributed by atoms with Gasteiger partial charge in [-0.2, -0.15) is 0 Å². The van der Waals surface area contributed by atoms with Crippen molar-refractivity contribution in [2.75, 3.05) is 0 Å². The maximum atomic E-state index is 11.4. The number of hydrogen-bond acceptors (Lipinski definition) is 3. The van der Waals surface area contributed by atoms with Gasteiger partial charge >= 0.3 is 5.97 Å². The standard InChI is InChI=1S/C13H9ClO4/c1-5-3-7-9(13(15)16)11-8(4-6(2)17-11)10(14)12(7)18-5/h3-4H,1-2H3,(H,15,16). The first-order valence-corrected chi connectivity index (χ1v) is 5.72. The molecular formula is C13H9ClO4. The highest BCUT2D eigenvalue weighted by Gasteiger charge is 2.23. The van der Waals surface area contributed by atoms with Crippen LogP contribution in [0.1, 0.15) is 21.9 Å². The lowest BCUT2D eigenvalue weighted by atomic mass is 10.1. The molecule has 4 nitrogen and oxygen atoms in total. The van der Waals surface area contributed by atoms with E-state index in [0.29, 0.717) is 38.5 Å². The predicted octanol–water partition coefficient (Wildman–Crippen LogP) is 4.15. The first-order valence-electron chi connectivity index (χ1n) is 5.34. The summed E-state index contributed by atoms with van der Waals surface area (Å²) < 4.78 is 10.9.